The van der Waals surface area contributed by atoms with Crippen LogP contribution in [-0.2, 0) is 19.6 Å². The average Bonchev–Trinajstić information content (AvgIpc) is 2.35. The fraction of sp³-hybridized carbons (Fsp3) is 0.333. The van der Waals surface area contributed by atoms with Gasteiger partial charge in [-0.25, -0.2) is 8.42 Å². The van der Waals surface area contributed by atoms with Crippen LogP contribution in [0, 0.1) is 0 Å². The summed E-state index contributed by atoms with van der Waals surface area (Å²) in [5, 5.41) is 8.89. The predicted octanol–water partition coefficient (Wildman–Crippen LogP) is -0.453. The van der Waals surface area contributed by atoms with Crippen molar-refractivity contribution in [3.63, 3.8) is 0 Å². The number of hydrogen-bond donors (Lipinski definition) is 2. The van der Waals surface area contributed by atoms with Crippen LogP contribution >= 0.6 is 11.6 Å². The van der Waals surface area contributed by atoms with Gasteiger partial charge in [-0.3, -0.25) is 9.78 Å². The van der Waals surface area contributed by atoms with Crippen LogP contribution in [0.25, 0.3) is 0 Å². The molecule has 0 spiro atoms. The Hall–Kier alpha value is -1.22. The van der Waals surface area contributed by atoms with E-state index in [0.717, 1.165) is 13.3 Å². The molecule has 0 radical (unpaired) electrons. The molecule has 0 saturated heterocycles. The van der Waals surface area contributed by atoms with E-state index in [1.54, 1.807) is 0 Å². The van der Waals surface area contributed by atoms with Gasteiger partial charge in [0.05, 0.1) is 18.7 Å². The molecule has 1 atom stereocenters. The van der Waals surface area contributed by atoms with Crippen LogP contribution in [0.3, 0.4) is 0 Å². The number of rotatable bonds is 5. The third-order valence-electron chi connectivity index (χ3n) is 1.99. The molecule has 0 fully saturated rings. The average molecular weight is 295 g/mol. The minimum Gasteiger partial charge on any atom is -0.468 e. The van der Waals surface area contributed by atoms with E-state index in [4.69, 9.17) is 16.7 Å². The normalized spacial score (nSPS) is 13.1. The number of hydrogen-bond acceptors (Lipinski definition) is 6. The van der Waals surface area contributed by atoms with E-state index in [1.807, 2.05) is 4.72 Å². The van der Waals surface area contributed by atoms with Crippen molar-refractivity contribution in [1.82, 2.24) is 9.71 Å². The number of ether oxygens (including phenoxy) is 1. The lowest BCUT2D eigenvalue weighted by molar-refractivity contribution is -0.143. The SMILES string of the molecule is COC(=O)C(CO)NS(=O)(=O)c1cnccc1Cl. The number of aliphatic hydroxyl groups excluding tert-OH is 1. The summed E-state index contributed by atoms with van der Waals surface area (Å²) in [6, 6.07) is -0.0985. The quantitative estimate of drug-likeness (QED) is 0.712. The first-order valence-electron chi connectivity index (χ1n) is 4.73. The van der Waals surface area contributed by atoms with Crippen molar-refractivity contribution < 1.29 is 23.1 Å². The smallest absolute Gasteiger partial charge is 0.326 e. The highest BCUT2D eigenvalue weighted by Crippen LogP contribution is 2.19. The van der Waals surface area contributed by atoms with Crippen molar-refractivity contribution in [3.8, 4) is 0 Å². The van der Waals surface area contributed by atoms with Crippen LogP contribution in [-0.4, -0.2) is 44.2 Å². The fourth-order valence-corrected chi connectivity index (χ4v) is 2.72. The highest BCUT2D eigenvalue weighted by atomic mass is 35.5. The van der Waals surface area contributed by atoms with Gasteiger partial charge in [0.1, 0.15) is 10.9 Å². The second-order valence-electron chi connectivity index (χ2n) is 3.19. The highest BCUT2D eigenvalue weighted by molar-refractivity contribution is 7.89. The van der Waals surface area contributed by atoms with Gasteiger partial charge in [-0.15, -0.1) is 0 Å². The zero-order chi connectivity index (χ0) is 13.8. The highest BCUT2D eigenvalue weighted by Gasteiger charge is 2.27. The number of aliphatic hydroxyl groups is 1. The number of carbonyl (C=O) groups excluding carboxylic acids is 1. The van der Waals surface area contributed by atoms with E-state index in [2.05, 4.69) is 9.72 Å². The van der Waals surface area contributed by atoms with Gasteiger partial charge in [-0.05, 0) is 6.07 Å². The summed E-state index contributed by atoms with van der Waals surface area (Å²) in [4.78, 5) is 14.5. The van der Waals surface area contributed by atoms with Gasteiger partial charge >= 0.3 is 5.97 Å². The Balaban J connectivity index is 3.02. The number of nitrogens with zero attached hydrogens (tertiary/aromatic N) is 1. The van der Waals surface area contributed by atoms with Crippen molar-refractivity contribution in [2.75, 3.05) is 13.7 Å². The number of aromatic nitrogens is 1. The number of carbonyl (C=O) groups is 1. The third-order valence-corrected chi connectivity index (χ3v) is 3.93. The van der Waals surface area contributed by atoms with Gasteiger partial charge in [-0.1, -0.05) is 11.6 Å². The number of pyridine rings is 1. The Labute approximate surface area is 109 Å². The minimum atomic E-state index is -4.06. The molecule has 0 saturated carbocycles. The van der Waals surface area contributed by atoms with E-state index >= 15 is 0 Å². The number of esters is 1. The van der Waals surface area contributed by atoms with Gasteiger partial charge in [0.2, 0.25) is 10.0 Å². The fourth-order valence-electron chi connectivity index (χ4n) is 1.11. The van der Waals surface area contributed by atoms with E-state index in [1.165, 1.54) is 12.3 Å². The topological polar surface area (TPSA) is 106 Å². The molecule has 1 unspecified atom stereocenters. The monoisotopic (exact) mass is 294 g/mol. The summed E-state index contributed by atoms with van der Waals surface area (Å²) in [6.45, 7) is -0.732. The first-order chi connectivity index (χ1) is 8.42. The van der Waals surface area contributed by atoms with Gasteiger partial charge in [0, 0.05) is 12.4 Å². The first-order valence-corrected chi connectivity index (χ1v) is 6.59. The molecule has 1 aromatic rings. The van der Waals surface area contributed by atoms with Crippen LogP contribution in [0.1, 0.15) is 0 Å². The Kier molecular flexibility index (Phi) is 5.03. The third kappa shape index (κ3) is 3.39. The van der Waals surface area contributed by atoms with E-state index in [-0.39, 0.29) is 9.92 Å². The summed E-state index contributed by atoms with van der Waals surface area (Å²) >= 11 is 5.71. The summed E-state index contributed by atoms with van der Waals surface area (Å²) in [5.74, 6) is -0.902. The van der Waals surface area contributed by atoms with Crippen LogP contribution in [0.15, 0.2) is 23.4 Å². The van der Waals surface area contributed by atoms with Crippen molar-refractivity contribution in [2.45, 2.75) is 10.9 Å². The predicted molar refractivity (Wildman–Crippen MR) is 62.5 cm³/mol. The molecule has 100 valence electrons. The number of sulfonamides is 1. The van der Waals surface area contributed by atoms with Crippen molar-refractivity contribution in [1.29, 1.82) is 0 Å². The van der Waals surface area contributed by atoms with E-state index in [9.17, 15) is 13.2 Å². The Morgan fingerprint density at radius 3 is 2.83 bits per heavy atom. The zero-order valence-corrected chi connectivity index (χ0v) is 10.9. The Morgan fingerprint density at radius 2 is 2.33 bits per heavy atom. The van der Waals surface area contributed by atoms with Crippen LogP contribution < -0.4 is 4.72 Å². The van der Waals surface area contributed by atoms with E-state index in [0.29, 0.717) is 0 Å². The van der Waals surface area contributed by atoms with Gasteiger partial charge in [-0.2, -0.15) is 4.72 Å². The summed E-state index contributed by atoms with van der Waals surface area (Å²) in [7, 11) is -2.98. The van der Waals surface area contributed by atoms with Crippen LogP contribution in [0.4, 0.5) is 0 Å². The molecule has 0 aliphatic heterocycles. The van der Waals surface area contributed by atoms with Crippen LogP contribution in [0.2, 0.25) is 5.02 Å². The lowest BCUT2D eigenvalue weighted by atomic mass is 10.3. The Morgan fingerprint density at radius 1 is 1.67 bits per heavy atom. The van der Waals surface area contributed by atoms with Crippen LogP contribution in [0.5, 0.6) is 0 Å². The largest absolute Gasteiger partial charge is 0.468 e. The van der Waals surface area contributed by atoms with Crippen molar-refractivity contribution >= 4 is 27.6 Å². The molecule has 0 amide bonds. The molecule has 0 aliphatic carbocycles. The number of methoxy groups -OCH3 is 1. The maximum atomic E-state index is 11.9. The van der Waals surface area contributed by atoms with Gasteiger partial charge in [0.25, 0.3) is 0 Å². The molecule has 1 rings (SSSR count). The first kappa shape index (κ1) is 14.8. The van der Waals surface area contributed by atoms with Crippen molar-refractivity contribution in [3.05, 3.63) is 23.5 Å². The Bertz CT molecular complexity index is 534. The molecular weight excluding hydrogens is 284 g/mol. The van der Waals surface area contributed by atoms with E-state index < -0.39 is 28.6 Å². The molecule has 0 aliphatic rings. The summed E-state index contributed by atoms with van der Waals surface area (Å²) in [6.07, 6.45) is 2.36. The van der Waals surface area contributed by atoms with Crippen molar-refractivity contribution in [2.24, 2.45) is 0 Å². The molecule has 1 aromatic heterocycles. The molecule has 9 heteroatoms. The summed E-state index contributed by atoms with van der Waals surface area (Å²) < 4.78 is 30.1. The molecule has 2 N–H and O–H groups in total. The second-order valence-corrected chi connectivity index (χ2v) is 5.28. The lowest BCUT2D eigenvalue weighted by Crippen LogP contribution is -2.44. The summed E-state index contributed by atoms with van der Waals surface area (Å²) in [5.41, 5.74) is 0. The lowest BCUT2D eigenvalue weighted by Gasteiger charge is -2.14. The molecule has 1 heterocycles. The standard InChI is InChI=1S/C9H11ClN2O5S/c1-17-9(14)7(5-13)12-18(15,16)8-4-11-3-2-6(8)10/h2-4,7,12-13H,5H2,1H3. The second kappa shape index (κ2) is 6.10. The molecule has 18 heavy (non-hydrogen) atoms. The number of nitrogens with one attached hydrogen (secondary N) is 1. The number of halogens is 1. The maximum absolute atomic E-state index is 11.9. The van der Waals surface area contributed by atoms with Gasteiger partial charge < -0.3 is 9.84 Å². The molecular formula is C9H11ClN2O5S. The zero-order valence-electron chi connectivity index (χ0n) is 9.33. The molecule has 7 nitrogen and oxygen atoms in total. The maximum Gasteiger partial charge on any atom is 0.326 e. The minimum absolute atomic E-state index is 0.0425. The van der Waals surface area contributed by atoms with Gasteiger partial charge in [0.15, 0.2) is 0 Å². The molecule has 0 bridgehead atoms. The molecule has 0 aromatic carbocycles.